The van der Waals surface area contributed by atoms with Crippen molar-refractivity contribution in [3.63, 3.8) is 0 Å². The van der Waals surface area contributed by atoms with Gasteiger partial charge in [-0.1, -0.05) is 17.3 Å². The summed E-state index contributed by atoms with van der Waals surface area (Å²) in [5.41, 5.74) is 3.80. The van der Waals surface area contributed by atoms with Gasteiger partial charge in [-0.25, -0.2) is 9.97 Å². The average molecular weight is 468 g/mol. The molecule has 1 unspecified atom stereocenters. The van der Waals surface area contributed by atoms with E-state index >= 15 is 0 Å². The quantitative estimate of drug-likeness (QED) is 0.403. The molecule has 0 spiro atoms. The fraction of sp³-hybridized carbons (Fsp3) is 0.417. The number of benzene rings is 1. The largest absolute Gasteiger partial charge is 0.491 e. The number of carbonyl (C=O) groups is 1. The summed E-state index contributed by atoms with van der Waals surface area (Å²) >= 11 is 0. The Morgan fingerprint density at radius 1 is 1.26 bits per heavy atom. The summed E-state index contributed by atoms with van der Waals surface area (Å²) < 4.78 is 16.2. The molecule has 0 bridgehead atoms. The lowest BCUT2D eigenvalue weighted by Gasteiger charge is -2.17. The molecule has 0 aliphatic carbocycles. The first-order valence-corrected chi connectivity index (χ1v) is 11.2. The van der Waals surface area contributed by atoms with Crippen LogP contribution >= 0.6 is 0 Å². The molecule has 4 rings (SSSR count). The number of nitrogens with one attached hydrogen (secondary N) is 2. The van der Waals surface area contributed by atoms with Gasteiger partial charge in [-0.15, -0.1) is 0 Å². The normalized spacial score (nSPS) is 16.4. The van der Waals surface area contributed by atoms with E-state index < -0.39 is 6.10 Å². The van der Waals surface area contributed by atoms with Crippen LogP contribution in [0.25, 0.3) is 22.6 Å². The van der Waals surface area contributed by atoms with Crippen LogP contribution in [0, 0.1) is 20.8 Å². The maximum atomic E-state index is 11.6. The molecule has 3 N–H and O–H groups in total. The van der Waals surface area contributed by atoms with Crippen LogP contribution in [0.4, 0.5) is 5.82 Å². The van der Waals surface area contributed by atoms with Gasteiger partial charge in [-0.2, -0.15) is 0 Å². The van der Waals surface area contributed by atoms with E-state index in [1.54, 1.807) is 7.05 Å². The Labute approximate surface area is 197 Å². The number of aryl methyl sites for hydroxylation is 2. The van der Waals surface area contributed by atoms with Gasteiger partial charge in [-0.3, -0.25) is 4.79 Å². The number of ether oxygens (including phenoxy) is 2. The van der Waals surface area contributed by atoms with Crippen LogP contribution in [0.2, 0.25) is 0 Å². The van der Waals surface area contributed by atoms with Crippen molar-refractivity contribution in [1.82, 2.24) is 20.4 Å². The second-order valence-corrected chi connectivity index (χ2v) is 8.35. The third-order valence-electron chi connectivity index (χ3n) is 5.59. The molecule has 1 saturated heterocycles. The summed E-state index contributed by atoms with van der Waals surface area (Å²) in [6.07, 6.45) is -0.347. The summed E-state index contributed by atoms with van der Waals surface area (Å²) in [7, 11) is 1.77. The molecule has 0 amide bonds. The lowest BCUT2D eigenvalue weighted by molar-refractivity contribution is -0.137. The van der Waals surface area contributed by atoms with Crippen LogP contribution in [0.1, 0.15) is 23.4 Å². The molecule has 1 aromatic carbocycles. The predicted octanol–water partition coefficient (Wildman–Crippen LogP) is 2.41. The first kappa shape index (κ1) is 23.7. The lowest BCUT2D eigenvalue weighted by Crippen LogP contribution is -2.29. The van der Waals surface area contributed by atoms with E-state index in [9.17, 15) is 9.90 Å². The SMILES string of the molecule is CNCC(O)COc1cccc(-c2nc(N[C@@H]3COC(=O)C3)c(C)c(-c3c(C)noc3C)n2)c1. The van der Waals surface area contributed by atoms with Crippen LogP contribution < -0.4 is 15.4 Å². The first-order chi connectivity index (χ1) is 16.4. The van der Waals surface area contributed by atoms with Gasteiger partial charge in [0, 0.05) is 17.7 Å². The van der Waals surface area contributed by atoms with E-state index in [1.165, 1.54) is 0 Å². The number of nitrogens with zero attached hydrogens (tertiary/aromatic N) is 3. The maximum Gasteiger partial charge on any atom is 0.308 e. The molecule has 2 aromatic heterocycles. The minimum atomic E-state index is -0.623. The number of esters is 1. The third kappa shape index (κ3) is 5.18. The van der Waals surface area contributed by atoms with Gasteiger partial charge in [0.1, 0.15) is 36.6 Å². The van der Waals surface area contributed by atoms with Gasteiger partial charge in [-0.05, 0) is 40.0 Å². The molecule has 34 heavy (non-hydrogen) atoms. The minimum absolute atomic E-state index is 0.159. The smallest absolute Gasteiger partial charge is 0.308 e. The Balaban J connectivity index is 1.72. The van der Waals surface area contributed by atoms with Crippen LogP contribution in [0.3, 0.4) is 0 Å². The minimum Gasteiger partial charge on any atom is -0.491 e. The van der Waals surface area contributed by atoms with Crippen LogP contribution in [0.15, 0.2) is 28.8 Å². The highest BCUT2D eigenvalue weighted by atomic mass is 16.5. The number of aliphatic hydroxyl groups excluding tert-OH is 1. The van der Waals surface area contributed by atoms with Gasteiger partial charge in [0.2, 0.25) is 0 Å². The number of aliphatic hydroxyl groups is 1. The van der Waals surface area contributed by atoms with Crippen LogP contribution in [-0.4, -0.2) is 65.2 Å². The van der Waals surface area contributed by atoms with Crippen molar-refractivity contribution >= 4 is 11.8 Å². The molecule has 1 fully saturated rings. The first-order valence-electron chi connectivity index (χ1n) is 11.2. The summed E-state index contributed by atoms with van der Waals surface area (Å²) in [5, 5.41) is 20.3. The molecule has 1 aliphatic heterocycles. The van der Waals surface area contributed by atoms with Gasteiger partial charge < -0.3 is 29.7 Å². The number of anilines is 1. The van der Waals surface area contributed by atoms with Gasteiger partial charge in [0.25, 0.3) is 0 Å². The van der Waals surface area contributed by atoms with E-state index in [2.05, 4.69) is 15.8 Å². The Morgan fingerprint density at radius 3 is 2.76 bits per heavy atom. The number of aromatic nitrogens is 3. The van der Waals surface area contributed by atoms with E-state index in [-0.39, 0.29) is 31.6 Å². The van der Waals surface area contributed by atoms with Crippen molar-refractivity contribution in [3.8, 4) is 28.4 Å². The van der Waals surface area contributed by atoms with E-state index in [0.29, 0.717) is 35.4 Å². The highest BCUT2D eigenvalue weighted by molar-refractivity contribution is 5.76. The topological polar surface area (TPSA) is 132 Å². The number of rotatable bonds is 9. The highest BCUT2D eigenvalue weighted by Gasteiger charge is 2.26. The van der Waals surface area contributed by atoms with Gasteiger partial charge in [0.15, 0.2) is 5.82 Å². The van der Waals surface area contributed by atoms with Crippen molar-refractivity contribution in [2.45, 2.75) is 39.3 Å². The van der Waals surface area contributed by atoms with Crippen molar-refractivity contribution in [1.29, 1.82) is 0 Å². The van der Waals surface area contributed by atoms with E-state index in [1.807, 2.05) is 45.0 Å². The Bertz CT molecular complexity index is 1160. The van der Waals surface area contributed by atoms with Gasteiger partial charge >= 0.3 is 5.97 Å². The standard InChI is InChI=1S/C24H29N5O5/c1-13-22(21-14(2)29-34-15(21)3)27-24(28-23(13)26-17-9-20(31)33-11-17)16-6-5-7-19(8-16)32-12-18(30)10-25-4/h5-8,17-18,25,30H,9-12H2,1-4H3,(H,26,27,28)/t17-,18?/m0/s1. The van der Waals surface area contributed by atoms with Crippen LogP contribution in [0.5, 0.6) is 5.75 Å². The van der Waals surface area contributed by atoms with Crippen LogP contribution in [-0.2, 0) is 9.53 Å². The Morgan fingerprint density at radius 2 is 2.09 bits per heavy atom. The third-order valence-corrected chi connectivity index (χ3v) is 5.59. The second-order valence-electron chi connectivity index (χ2n) is 8.35. The monoisotopic (exact) mass is 467 g/mol. The van der Waals surface area contributed by atoms with Crippen molar-refractivity contribution in [2.24, 2.45) is 0 Å². The van der Waals surface area contributed by atoms with E-state index in [4.69, 9.17) is 24.0 Å². The molecule has 3 heterocycles. The molecule has 2 atom stereocenters. The molecule has 1 aliphatic rings. The number of carbonyl (C=O) groups excluding carboxylic acids is 1. The maximum absolute atomic E-state index is 11.6. The van der Waals surface area contributed by atoms with Gasteiger partial charge in [0.05, 0.1) is 29.4 Å². The summed E-state index contributed by atoms with van der Waals surface area (Å²) in [5.74, 6) is 2.11. The molecule has 180 valence electrons. The molecular weight excluding hydrogens is 438 g/mol. The molecule has 3 aromatic rings. The van der Waals surface area contributed by atoms with Crippen molar-refractivity contribution in [2.75, 3.05) is 32.1 Å². The second kappa shape index (κ2) is 10.2. The van der Waals surface area contributed by atoms with Crippen molar-refractivity contribution in [3.05, 3.63) is 41.3 Å². The van der Waals surface area contributed by atoms with Crippen molar-refractivity contribution < 1.29 is 23.9 Å². The molecule has 0 radical (unpaired) electrons. The fourth-order valence-electron chi connectivity index (χ4n) is 3.86. The number of likely N-dealkylation sites (N-methyl/N-ethyl adjacent to an activating group) is 1. The zero-order valence-electron chi connectivity index (χ0n) is 19.7. The van der Waals surface area contributed by atoms with E-state index in [0.717, 1.165) is 22.4 Å². The molecule has 10 heteroatoms. The fourth-order valence-corrected chi connectivity index (χ4v) is 3.86. The molecule has 10 nitrogen and oxygen atoms in total. The number of hydrogen-bond acceptors (Lipinski definition) is 10. The summed E-state index contributed by atoms with van der Waals surface area (Å²) in [6, 6.07) is 7.23. The number of cyclic esters (lactones) is 1. The summed E-state index contributed by atoms with van der Waals surface area (Å²) in [6.45, 7) is 6.52. The summed E-state index contributed by atoms with van der Waals surface area (Å²) in [4.78, 5) is 21.2. The lowest BCUT2D eigenvalue weighted by atomic mass is 10.0. The zero-order chi connectivity index (χ0) is 24.2. The molecular formula is C24H29N5O5. The number of hydrogen-bond donors (Lipinski definition) is 3. The molecule has 0 saturated carbocycles. The Hall–Kier alpha value is -3.50. The average Bonchev–Trinajstić information content (AvgIpc) is 3.38. The highest BCUT2D eigenvalue weighted by Crippen LogP contribution is 2.34. The zero-order valence-corrected chi connectivity index (χ0v) is 19.7. The Kier molecular flexibility index (Phi) is 7.09. The predicted molar refractivity (Wildman–Crippen MR) is 126 cm³/mol.